The number of carbonyl (C=O) groups is 1. The number of hydrogen-bond donors (Lipinski definition) is 6. The average Bonchev–Trinajstić information content (AvgIpc) is 3.27. The Labute approximate surface area is 245 Å². The van der Waals surface area contributed by atoms with E-state index in [4.69, 9.17) is 19.3 Å². The zero-order valence-electron chi connectivity index (χ0n) is 22.2. The molecular weight excluding hydrogens is 633 g/mol. The number of amides is 1. The van der Waals surface area contributed by atoms with E-state index in [0.717, 1.165) is 16.7 Å². The third-order valence-corrected chi connectivity index (χ3v) is 9.91. The molecule has 0 aliphatic carbocycles. The number of nitrogens with one attached hydrogen (secondary N) is 1. The van der Waals surface area contributed by atoms with Gasteiger partial charge in [-0.2, -0.15) is 8.62 Å². The maximum atomic E-state index is 12.6. The summed E-state index contributed by atoms with van der Waals surface area (Å²) in [5.74, 6) is -0.339. The number of nitrogens with zero attached hydrogens (tertiary/aromatic N) is 1. The van der Waals surface area contributed by atoms with Crippen molar-refractivity contribution in [3.05, 3.63) is 84.3 Å². The van der Waals surface area contributed by atoms with Crippen LogP contribution < -0.4 is 5.32 Å². The highest BCUT2D eigenvalue weighted by molar-refractivity contribution is 7.66. The van der Waals surface area contributed by atoms with Crippen molar-refractivity contribution >= 4 is 29.4 Å². The van der Waals surface area contributed by atoms with E-state index >= 15 is 0 Å². The van der Waals surface area contributed by atoms with Gasteiger partial charge in [0.1, 0.15) is 18.2 Å². The van der Waals surface area contributed by atoms with Crippen LogP contribution in [0.2, 0.25) is 0 Å². The van der Waals surface area contributed by atoms with E-state index in [0.29, 0.717) is 0 Å². The minimum absolute atomic E-state index is 0.0750. The largest absolute Gasteiger partial charge is 0.490 e. The van der Waals surface area contributed by atoms with Gasteiger partial charge in [-0.1, -0.05) is 61.2 Å². The molecule has 2 aliphatic heterocycles. The predicted octanol–water partition coefficient (Wildman–Crippen LogP) is 2.48. The Bertz CT molecular complexity index is 1510. The Kier molecular flexibility index (Phi) is 10.6. The Morgan fingerprint density at radius 2 is 1.63 bits per heavy atom. The summed E-state index contributed by atoms with van der Waals surface area (Å²) >= 11 is 0. The molecule has 19 heteroatoms. The van der Waals surface area contributed by atoms with E-state index in [9.17, 15) is 33.4 Å². The van der Waals surface area contributed by atoms with Crippen molar-refractivity contribution in [1.82, 2.24) is 10.2 Å². The first-order valence-corrected chi connectivity index (χ1v) is 17.0. The van der Waals surface area contributed by atoms with Crippen molar-refractivity contribution in [2.45, 2.75) is 31.5 Å². The van der Waals surface area contributed by atoms with Gasteiger partial charge in [-0.05, 0) is 16.7 Å². The molecule has 2 heterocycles. The third-order valence-electron chi connectivity index (χ3n) is 6.11. The first-order chi connectivity index (χ1) is 20.1. The van der Waals surface area contributed by atoms with Gasteiger partial charge in [0.25, 0.3) is 5.91 Å². The third kappa shape index (κ3) is 9.48. The Morgan fingerprint density at radius 3 is 2.33 bits per heavy atom. The lowest BCUT2D eigenvalue weighted by atomic mass is 10.0. The summed E-state index contributed by atoms with van der Waals surface area (Å²) in [4.78, 5) is 50.2. The summed E-state index contributed by atoms with van der Waals surface area (Å²) in [6, 6.07) is 17.4. The number of hydrogen-bond acceptors (Lipinski definition) is 11. The van der Waals surface area contributed by atoms with E-state index < -0.39 is 54.4 Å². The van der Waals surface area contributed by atoms with E-state index in [-0.39, 0.29) is 31.0 Å². The van der Waals surface area contributed by atoms with Gasteiger partial charge in [0, 0.05) is 12.6 Å². The van der Waals surface area contributed by atoms with Crippen LogP contribution in [0.4, 0.5) is 0 Å². The summed E-state index contributed by atoms with van der Waals surface area (Å²) < 4.78 is 57.7. The summed E-state index contributed by atoms with van der Waals surface area (Å²) in [6.45, 7) is 3.07. The van der Waals surface area contributed by atoms with Crippen molar-refractivity contribution in [2.24, 2.45) is 0 Å². The van der Waals surface area contributed by atoms with Crippen LogP contribution in [0.15, 0.2) is 78.8 Å². The van der Waals surface area contributed by atoms with Crippen LogP contribution in [0.1, 0.15) is 12.0 Å². The van der Waals surface area contributed by atoms with Gasteiger partial charge >= 0.3 is 23.5 Å². The fourth-order valence-electron chi connectivity index (χ4n) is 4.26. The molecule has 6 N–H and O–H groups in total. The second-order valence-electron chi connectivity index (χ2n) is 9.30. The van der Waals surface area contributed by atoms with Crippen molar-refractivity contribution in [3.63, 3.8) is 0 Å². The van der Waals surface area contributed by atoms with Crippen LogP contribution in [0.5, 0.6) is 0 Å². The second kappa shape index (κ2) is 13.6. The summed E-state index contributed by atoms with van der Waals surface area (Å²) in [5.41, 5.74) is 3.13. The number of rotatable bonds is 13. The topological polar surface area (TPSA) is 231 Å². The van der Waals surface area contributed by atoms with E-state index in [1.807, 2.05) is 54.6 Å². The Hall–Kier alpha value is -2.52. The molecule has 0 radical (unpaired) electrons. The summed E-state index contributed by atoms with van der Waals surface area (Å²) in [6.07, 6.45) is -2.10. The molecule has 0 spiro atoms. The number of aliphatic hydroxyl groups is 1. The van der Waals surface area contributed by atoms with Crippen molar-refractivity contribution in [1.29, 1.82) is 0 Å². The van der Waals surface area contributed by atoms with E-state index in [2.05, 4.69) is 25.0 Å². The maximum Gasteiger partial charge on any atom is 0.490 e. The highest BCUT2D eigenvalue weighted by Crippen LogP contribution is 2.66. The molecule has 2 aliphatic rings. The lowest BCUT2D eigenvalue weighted by Crippen LogP contribution is -2.43. The zero-order chi connectivity index (χ0) is 31.4. The molecule has 0 bridgehead atoms. The van der Waals surface area contributed by atoms with E-state index in [1.165, 1.54) is 11.1 Å². The normalized spacial score (nSPS) is 23.8. The van der Waals surface area contributed by atoms with Crippen LogP contribution in [0.25, 0.3) is 11.1 Å². The minimum atomic E-state index is -5.70. The molecule has 1 fully saturated rings. The second-order valence-corrected chi connectivity index (χ2v) is 13.7. The number of phosphoric acid groups is 3. The number of benzene rings is 2. The maximum absolute atomic E-state index is 12.6. The van der Waals surface area contributed by atoms with Gasteiger partial charge in [0.05, 0.1) is 31.5 Å². The monoisotopic (exact) mass is 662 g/mol. The molecule has 1 amide bonds. The molecule has 5 atom stereocenters. The SMILES string of the molecule is C=C1NC(=O)C(COCc2ccccc2-c2ccccc2)=CN1[C@H]1C[C@@H](O)[C@@H](COP(=O)(O)OP(=O)(O)OP(=O)(O)O)O1. The average molecular weight is 662 g/mol. The molecule has 234 valence electrons. The van der Waals surface area contributed by atoms with Gasteiger partial charge in [-0.25, -0.2) is 13.7 Å². The standard InChI is InChI=1S/C24H29N2O14P3/c1-16-25-24(28)19(14-36-13-18-9-5-6-10-20(18)17-7-3-2-4-8-17)12-26(16)23-11-21(27)22(38-23)15-37-42(32,33)40-43(34,35)39-41(29,30)31/h2-10,12,21-23,27H,1,11,13-15H2,(H,25,28)(H,32,33)(H,34,35)(H2,29,30,31)/t21-,22-,23-/m1/s1. The van der Waals surface area contributed by atoms with Crippen molar-refractivity contribution < 1.29 is 65.8 Å². The Balaban J connectivity index is 1.36. The van der Waals surface area contributed by atoms with Gasteiger partial charge < -0.3 is 44.4 Å². The van der Waals surface area contributed by atoms with Crippen molar-refractivity contribution in [2.75, 3.05) is 13.2 Å². The number of aliphatic hydroxyl groups excluding tert-OH is 1. The molecule has 0 saturated carbocycles. The zero-order valence-corrected chi connectivity index (χ0v) is 24.9. The Morgan fingerprint density at radius 1 is 0.953 bits per heavy atom. The highest BCUT2D eigenvalue weighted by Gasteiger charge is 2.44. The fourth-order valence-corrected chi connectivity index (χ4v) is 7.29. The number of phosphoric ester groups is 1. The van der Waals surface area contributed by atoms with Crippen LogP contribution in [0.3, 0.4) is 0 Å². The smallest absolute Gasteiger partial charge is 0.390 e. The first-order valence-electron chi connectivity index (χ1n) is 12.4. The molecule has 4 rings (SSSR count). The molecule has 2 unspecified atom stereocenters. The summed E-state index contributed by atoms with van der Waals surface area (Å²) in [5, 5.41) is 13.0. The summed E-state index contributed by atoms with van der Waals surface area (Å²) in [7, 11) is -16.7. The lowest BCUT2D eigenvalue weighted by Gasteiger charge is -2.33. The van der Waals surface area contributed by atoms with Gasteiger partial charge in [0.15, 0.2) is 0 Å². The van der Waals surface area contributed by atoms with Gasteiger partial charge in [-0.3, -0.25) is 9.32 Å². The highest BCUT2D eigenvalue weighted by atomic mass is 31.3. The van der Waals surface area contributed by atoms with Crippen LogP contribution in [0, 0.1) is 0 Å². The van der Waals surface area contributed by atoms with Gasteiger partial charge in [-0.15, -0.1) is 0 Å². The molecule has 0 aromatic heterocycles. The molecule has 2 aromatic rings. The molecular formula is C24H29N2O14P3. The van der Waals surface area contributed by atoms with E-state index in [1.54, 1.807) is 0 Å². The molecule has 16 nitrogen and oxygen atoms in total. The molecule has 1 saturated heterocycles. The quantitative estimate of drug-likeness (QED) is 0.169. The molecule has 43 heavy (non-hydrogen) atoms. The number of ether oxygens (including phenoxy) is 2. The predicted molar refractivity (Wildman–Crippen MR) is 148 cm³/mol. The van der Waals surface area contributed by atoms with Crippen LogP contribution in [-0.2, 0) is 47.7 Å². The number of carbonyl (C=O) groups excluding carboxylic acids is 1. The van der Waals surface area contributed by atoms with Crippen LogP contribution in [-0.4, -0.2) is 67.1 Å². The minimum Gasteiger partial charge on any atom is -0.390 e. The first kappa shape index (κ1) is 33.4. The molecule has 2 aromatic carbocycles. The van der Waals surface area contributed by atoms with Crippen LogP contribution >= 0.6 is 23.5 Å². The lowest BCUT2D eigenvalue weighted by molar-refractivity contribution is -0.119. The van der Waals surface area contributed by atoms with Gasteiger partial charge in [0.2, 0.25) is 0 Å². The fraction of sp³-hybridized carbons (Fsp3) is 0.292. The van der Waals surface area contributed by atoms with Crippen molar-refractivity contribution in [3.8, 4) is 11.1 Å².